The number of halogens is 2. The molecule has 0 fully saturated rings. The highest BCUT2D eigenvalue weighted by atomic mass is 35.5. The molecule has 0 atom stereocenters. The van der Waals surface area contributed by atoms with E-state index in [0.29, 0.717) is 6.29 Å². The van der Waals surface area contributed by atoms with Gasteiger partial charge in [0.25, 0.3) is 0 Å². The van der Waals surface area contributed by atoms with E-state index in [1.165, 1.54) is 6.07 Å². The molecule has 0 saturated carbocycles. The third kappa shape index (κ3) is 1.75. The predicted molar refractivity (Wildman–Crippen MR) is 48.1 cm³/mol. The second kappa shape index (κ2) is 4.19. The largest absolute Gasteiger partial charge is 0.465 e. The van der Waals surface area contributed by atoms with Crippen LogP contribution in [0.4, 0.5) is 4.39 Å². The van der Waals surface area contributed by atoms with E-state index in [-0.39, 0.29) is 10.6 Å². The van der Waals surface area contributed by atoms with Crippen molar-refractivity contribution in [3.63, 3.8) is 0 Å². The zero-order valence-electron chi connectivity index (χ0n) is 7.21. The fourth-order valence-electron chi connectivity index (χ4n) is 0.949. The van der Waals surface area contributed by atoms with Gasteiger partial charge in [0.05, 0.1) is 12.1 Å². The summed E-state index contributed by atoms with van der Waals surface area (Å²) in [5, 5.41) is -0.230. The fourth-order valence-corrected chi connectivity index (χ4v) is 1.22. The highest BCUT2D eigenvalue weighted by molar-refractivity contribution is 6.35. The van der Waals surface area contributed by atoms with Gasteiger partial charge in [0, 0.05) is 5.56 Å². The summed E-state index contributed by atoms with van der Waals surface area (Å²) in [4.78, 5) is 21.5. The number of carbonyl (C=O) groups excluding carboxylic acids is 2. The molecule has 0 aromatic heterocycles. The first-order valence-corrected chi connectivity index (χ1v) is 4.01. The standard InChI is InChI=1S/C9H6ClFO3/c1-14-9(13)7-6(11)3-2-5(4-12)8(7)10/h2-4H,1H3. The van der Waals surface area contributed by atoms with E-state index in [1.54, 1.807) is 0 Å². The molecule has 0 saturated heterocycles. The van der Waals surface area contributed by atoms with Crippen molar-refractivity contribution in [2.75, 3.05) is 7.11 Å². The lowest BCUT2D eigenvalue weighted by Crippen LogP contribution is -2.06. The SMILES string of the molecule is COC(=O)c1c(F)ccc(C=O)c1Cl. The van der Waals surface area contributed by atoms with Crippen LogP contribution >= 0.6 is 11.6 Å². The van der Waals surface area contributed by atoms with Gasteiger partial charge in [-0.15, -0.1) is 0 Å². The average Bonchev–Trinajstić information content (AvgIpc) is 2.18. The lowest BCUT2D eigenvalue weighted by atomic mass is 10.1. The summed E-state index contributed by atoms with van der Waals surface area (Å²) in [5.74, 6) is -1.72. The average molecular weight is 217 g/mol. The topological polar surface area (TPSA) is 43.4 Å². The van der Waals surface area contributed by atoms with Crippen molar-refractivity contribution < 1.29 is 18.7 Å². The number of benzene rings is 1. The molecule has 0 aliphatic heterocycles. The quantitative estimate of drug-likeness (QED) is 0.562. The van der Waals surface area contributed by atoms with E-state index in [4.69, 9.17) is 11.6 Å². The highest BCUT2D eigenvalue weighted by Crippen LogP contribution is 2.23. The van der Waals surface area contributed by atoms with Crippen LogP contribution in [0.3, 0.4) is 0 Å². The number of aldehydes is 1. The van der Waals surface area contributed by atoms with Crippen molar-refractivity contribution >= 4 is 23.9 Å². The summed E-state index contributed by atoms with van der Waals surface area (Å²) in [6.45, 7) is 0. The Balaban J connectivity index is 3.39. The van der Waals surface area contributed by atoms with Crippen LogP contribution in [0.2, 0.25) is 5.02 Å². The smallest absolute Gasteiger partial charge is 0.342 e. The molecule has 74 valence electrons. The van der Waals surface area contributed by atoms with Crippen LogP contribution in [-0.2, 0) is 4.74 Å². The molecule has 1 aromatic rings. The normalized spacial score (nSPS) is 9.64. The summed E-state index contributed by atoms with van der Waals surface area (Å²) in [5.41, 5.74) is -0.368. The maximum Gasteiger partial charge on any atom is 0.342 e. The zero-order valence-corrected chi connectivity index (χ0v) is 7.97. The number of esters is 1. The Morgan fingerprint density at radius 3 is 2.71 bits per heavy atom. The van der Waals surface area contributed by atoms with Gasteiger partial charge in [-0.3, -0.25) is 4.79 Å². The van der Waals surface area contributed by atoms with Gasteiger partial charge >= 0.3 is 5.97 Å². The monoisotopic (exact) mass is 216 g/mol. The number of hydrogen-bond acceptors (Lipinski definition) is 3. The highest BCUT2D eigenvalue weighted by Gasteiger charge is 2.18. The summed E-state index contributed by atoms with van der Waals surface area (Å²) in [7, 11) is 1.10. The second-order valence-electron chi connectivity index (χ2n) is 2.44. The second-order valence-corrected chi connectivity index (χ2v) is 2.81. The molecule has 0 bridgehead atoms. The molecule has 3 nitrogen and oxygen atoms in total. The van der Waals surface area contributed by atoms with Gasteiger partial charge in [-0.2, -0.15) is 0 Å². The molecule has 1 aromatic carbocycles. The maximum absolute atomic E-state index is 13.1. The van der Waals surface area contributed by atoms with E-state index in [1.807, 2.05) is 0 Å². The molecular formula is C9H6ClFO3. The Kier molecular flexibility index (Phi) is 3.19. The molecule has 0 aliphatic carbocycles. The summed E-state index contributed by atoms with van der Waals surface area (Å²) in [6, 6.07) is 2.18. The first-order chi connectivity index (χ1) is 6.61. The van der Waals surface area contributed by atoms with E-state index in [2.05, 4.69) is 4.74 Å². The number of ether oxygens (including phenoxy) is 1. The van der Waals surface area contributed by atoms with Crippen LogP contribution in [0.15, 0.2) is 12.1 Å². The van der Waals surface area contributed by atoms with Crippen molar-refractivity contribution in [3.05, 3.63) is 34.1 Å². The molecule has 0 radical (unpaired) electrons. The molecule has 0 N–H and O–H groups in total. The minimum absolute atomic E-state index is 0.0495. The Labute approximate surface area is 84.4 Å². The van der Waals surface area contributed by atoms with Crippen molar-refractivity contribution in [1.82, 2.24) is 0 Å². The molecule has 0 aliphatic rings. The van der Waals surface area contributed by atoms with Crippen molar-refractivity contribution in [1.29, 1.82) is 0 Å². The number of methoxy groups -OCH3 is 1. The van der Waals surface area contributed by atoms with Gasteiger partial charge < -0.3 is 4.74 Å². The molecule has 0 spiro atoms. The molecule has 1 rings (SSSR count). The van der Waals surface area contributed by atoms with Crippen LogP contribution in [0, 0.1) is 5.82 Å². The Bertz CT molecular complexity index is 390. The number of carbonyl (C=O) groups is 2. The first kappa shape index (κ1) is 10.7. The third-order valence-corrected chi connectivity index (χ3v) is 2.04. The van der Waals surface area contributed by atoms with Gasteiger partial charge in [-0.25, -0.2) is 9.18 Å². The van der Waals surface area contributed by atoms with Crippen LogP contribution in [-0.4, -0.2) is 19.4 Å². The third-order valence-electron chi connectivity index (χ3n) is 1.64. The van der Waals surface area contributed by atoms with Gasteiger partial charge in [0.2, 0.25) is 0 Å². The van der Waals surface area contributed by atoms with E-state index < -0.39 is 17.3 Å². The molecule has 0 heterocycles. The Hall–Kier alpha value is -1.42. The van der Waals surface area contributed by atoms with E-state index >= 15 is 0 Å². The summed E-state index contributed by atoms with van der Waals surface area (Å²) >= 11 is 5.62. The summed E-state index contributed by atoms with van der Waals surface area (Å²) in [6.07, 6.45) is 0.439. The van der Waals surface area contributed by atoms with Crippen LogP contribution in [0.5, 0.6) is 0 Å². The molecule has 5 heteroatoms. The maximum atomic E-state index is 13.1. The molecule has 0 unspecified atom stereocenters. The minimum Gasteiger partial charge on any atom is -0.465 e. The van der Waals surface area contributed by atoms with Crippen LogP contribution in [0.25, 0.3) is 0 Å². The zero-order chi connectivity index (χ0) is 10.7. The van der Waals surface area contributed by atoms with Crippen molar-refractivity contribution in [3.8, 4) is 0 Å². The van der Waals surface area contributed by atoms with E-state index in [0.717, 1.165) is 13.2 Å². The lowest BCUT2D eigenvalue weighted by molar-refractivity contribution is 0.0595. The minimum atomic E-state index is -0.906. The van der Waals surface area contributed by atoms with Crippen LogP contribution < -0.4 is 0 Å². The van der Waals surface area contributed by atoms with Gasteiger partial charge in [0.15, 0.2) is 6.29 Å². The van der Waals surface area contributed by atoms with Crippen molar-refractivity contribution in [2.45, 2.75) is 0 Å². The fraction of sp³-hybridized carbons (Fsp3) is 0.111. The lowest BCUT2D eigenvalue weighted by Gasteiger charge is -2.04. The Morgan fingerprint density at radius 1 is 1.57 bits per heavy atom. The van der Waals surface area contributed by atoms with Crippen LogP contribution in [0.1, 0.15) is 20.7 Å². The number of hydrogen-bond donors (Lipinski definition) is 0. The molecule has 0 amide bonds. The van der Waals surface area contributed by atoms with Gasteiger partial charge in [-0.1, -0.05) is 11.6 Å². The van der Waals surface area contributed by atoms with Crippen molar-refractivity contribution in [2.24, 2.45) is 0 Å². The molecular weight excluding hydrogens is 211 g/mol. The van der Waals surface area contributed by atoms with Gasteiger partial charge in [0.1, 0.15) is 11.4 Å². The number of rotatable bonds is 2. The molecule has 14 heavy (non-hydrogen) atoms. The van der Waals surface area contributed by atoms with Gasteiger partial charge in [-0.05, 0) is 12.1 Å². The summed E-state index contributed by atoms with van der Waals surface area (Å²) < 4.78 is 17.4. The Morgan fingerprint density at radius 2 is 2.21 bits per heavy atom. The first-order valence-electron chi connectivity index (χ1n) is 3.63. The van der Waals surface area contributed by atoms with E-state index in [9.17, 15) is 14.0 Å². The predicted octanol–water partition coefficient (Wildman–Crippen LogP) is 2.08.